The number of aromatic nitrogens is 1. The van der Waals surface area contributed by atoms with E-state index >= 15 is 0 Å². The largest absolute Gasteiger partial charge is 0.492 e. The zero-order valence-corrected chi connectivity index (χ0v) is 20.0. The minimum Gasteiger partial charge on any atom is -0.492 e. The van der Waals surface area contributed by atoms with Gasteiger partial charge in [-0.3, -0.25) is 19.4 Å². The van der Waals surface area contributed by atoms with Gasteiger partial charge in [0, 0.05) is 23.2 Å². The number of pyridine rings is 1. The number of hydrogen-bond acceptors (Lipinski definition) is 5. The number of fused-ring (bicyclic) bond motifs is 3. The third kappa shape index (κ3) is 5.48. The predicted octanol–water partition coefficient (Wildman–Crippen LogP) is 4.47. The molecule has 2 saturated carbocycles. The van der Waals surface area contributed by atoms with E-state index in [4.69, 9.17) is 16.3 Å². The van der Waals surface area contributed by atoms with Crippen LogP contribution in [0.5, 0.6) is 5.75 Å². The van der Waals surface area contributed by atoms with E-state index in [1.165, 1.54) is 6.07 Å². The highest BCUT2D eigenvalue weighted by atomic mass is 35.5. The Bertz CT molecular complexity index is 1150. The number of hydrogen-bond donors (Lipinski definition) is 2. The van der Waals surface area contributed by atoms with Gasteiger partial charge in [-0.15, -0.1) is 0 Å². The van der Waals surface area contributed by atoms with Crippen LogP contribution in [0.25, 0.3) is 0 Å². The van der Waals surface area contributed by atoms with E-state index in [0.717, 1.165) is 25.1 Å². The zero-order valence-electron chi connectivity index (χ0n) is 19.3. The lowest BCUT2D eigenvalue weighted by molar-refractivity contribution is -0.138. The van der Waals surface area contributed by atoms with Crippen LogP contribution in [0.4, 0.5) is 13.2 Å². The average molecular weight is 524 g/mol. The summed E-state index contributed by atoms with van der Waals surface area (Å²) in [6.07, 6.45) is 1.07. The van der Waals surface area contributed by atoms with Crippen molar-refractivity contribution in [2.45, 2.75) is 56.8 Å². The molecule has 2 fully saturated rings. The van der Waals surface area contributed by atoms with Crippen LogP contribution in [0.15, 0.2) is 36.5 Å². The Hall–Kier alpha value is -3.14. The van der Waals surface area contributed by atoms with E-state index in [1.807, 2.05) is 0 Å². The lowest BCUT2D eigenvalue weighted by Crippen LogP contribution is -2.40. The number of ketones is 1. The molecule has 2 bridgehead atoms. The summed E-state index contributed by atoms with van der Waals surface area (Å²) in [4.78, 5) is 38.3. The molecule has 36 heavy (non-hydrogen) atoms. The number of ether oxygens (including phenoxy) is 1. The van der Waals surface area contributed by atoms with Crippen LogP contribution in [0.2, 0.25) is 5.02 Å². The van der Waals surface area contributed by atoms with Crippen LogP contribution in [0, 0.1) is 5.41 Å². The minimum atomic E-state index is -4.42. The highest BCUT2D eigenvalue weighted by Crippen LogP contribution is 2.56. The summed E-state index contributed by atoms with van der Waals surface area (Å²) in [5, 5.41) is 6.20. The molecule has 2 aliphatic carbocycles. The maximum Gasteiger partial charge on any atom is 0.417 e. The van der Waals surface area contributed by atoms with Gasteiger partial charge in [0.05, 0.1) is 35.4 Å². The Balaban J connectivity index is 0.000000211. The van der Waals surface area contributed by atoms with Gasteiger partial charge in [0.15, 0.2) is 5.78 Å². The molecule has 0 unspecified atom stereocenters. The van der Waals surface area contributed by atoms with Gasteiger partial charge >= 0.3 is 6.18 Å². The number of rotatable bonds is 5. The van der Waals surface area contributed by atoms with Crippen molar-refractivity contribution in [2.24, 2.45) is 5.41 Å². The van der Waals surface area contributed by atoms with E-state index < -0.39 is 17.2 Å². The van der Waals surface area contributed by atoms with Crippen LogP contribution in [-0.4, -0.2) is 35.2 Å². The molecule has 1 aliphatic heterocycles. The van der Waals surface area contributed by atoms with Gasteiger partial charge in [-0.05, 0) is 62.4 Å². The summed E-state index contributed by atoms with van der Waals surface area (Å²) in [5.41, 5.74) is -0.588. The number of carbonyl (C=O) groups is 3. The number of Topliss-reactive ketones (excluding diaryl/α,β-unsaturated/α-hetero) is 1. The van der Waals surface area contributed by atoms with Crippen LogP contribution >= 0.6 is 11.6 Å². The lowest BCUT2D eigenvalue weighted by Gasteiger charge is -2.26. The second-order valence-corrected chi connectivity index (χ2v) is 9.82. The second-order valence-electron chi connectivity index (χ2n) is 9.38. The van der Waals surface area contributed by atoms with Gasteiger partial charge in [-0.2, -0.15) is 13.2 Å². The molecule has 2 amide bonds. The van der Waals surface area contributed by atoms with E-state index in [9.17, 15) is 27.6 Å². The van der Waals surface area contributed by atoms with Gasteiger partial charge in [0.1, 0.15) is 5.75 Å². The molecule has 2 aromatic rings. The summed E-state index contributed by atoms with van der Waals surface area (Å²) in [6.45, 7) is 0.570. The standard InChI is InChI=1S/C16H18F3N3O2.C9H7ClO2/c17-16(18,19)11-1-2-12(20-7-11)8-21-13(24)14-3-5-15(9-14,6-4-14)22-10-23;10-6-1-2-9-7(5-6)8(11)3-4-12-9/h1-2,7,10H,3-6,8-9H2,(H,21,24)(H,22,23);1-2,5H,3-4H2. The Morgan fingerprint density at radius 3 is 2.56 bits per heavy atom. The quantitative estimate of drug-likeness (QED) is 0.564. The molecule has 192 valence electrons. The number of nitrogens with one attached hydrogen (secondary N) is 2. The first-order valence-electron chi connectivity index (χ1n) is 11.5. The molecule has 11 heteroatoms. The number of benzene rings is 1. The molecule has 5 rings (SSSR count). The van der Waals surface area contributed by atoms with Gasteiger partial charge in [-0.1, -0.05) is 11.6 Å². The number of carbonyl (C=O) groups excluding carboxylic acids is 3. The molecule has 2 N–H and O–H groups in total. The van der Waals surface area contributed by atoms with Crippen molar-refractivity contribution in [2.75, 3.05) is 6.61 Å². The molecule has 1 aromatic heterocycles. The van der Waals surface area contributed by atoms with Crippen LogP contribution in [0.1, 0.15) is 60.1 Å². The van der Waals surface area contributed by atoms with Crippen LogP contribution in [0.3, 0.4) is 0 Å². The fourth-order valence-corrected chi connectivity index (χ4v) is 5.30. The van der Waals surface area contributed by atoms with Gasteiger partial charge in [-0.25, -0.2) is 0 Å². The predicted molar refractivity (Wildman–Crippen MR) is 124 cm³/mol. The maximum atomic E-state index is 12.5. The Morgan fingerprint density at radius 2 is 1.92 bits per heavy atom. The first kappa shape index (κ1) is 25.9. The molecule has 0 saturated heterocycles. The topological polar surface area (TPSA) is 97.4 Å². The average Bonchev–Trinajstić information content (AvgIpc) is 3.41. The first-order valence-corrected chi connectivity index (χ1v) is 11.9. The number of halogens is 4. The minimum absolute atomic E-state index is 0.0901. The lowest BCUT2D eigenvalue weighted by atomic mass is 9.83. The normalized spacial score (nSPS) is 24.2. The van der Waals surface area contributed by atoms with Crippen molar-refractivity contribution in [3.63, 3.8) is 0 Å². The monoisotopic (exact) mass is 523 g/mol. The van der Waals surface area contributed by atoms with E-state index in [1.54, 1.807) is 18.2 Å². The fourth-order valence-electron chi connectivity index (χ4n) is 5.13. The number of alkyl halides is 3. The second kappa shape index (κ2) is 10.1. The molecule has 7 nitrogen and oxygen atoms in total. The fraction of sp³-hybridized carbons (Fsp3) is 0.440. The van der Waals surface area contributed by atoms with Crippen molar-refractivity contribution >= 4 is 29.7 Å². The Labute approximate surface area is 210 Å². The van der Waals surface area contributed by atoms with Gasteiger partial charge < -0.3 is 15.4 Å². The SMILES string of the molecule is O=C1CCOc2ccc(Cl)cc21.O=CNC12CCC(C(=O)NCc3ccc(C(F)(F)F)cn3)(CC1)C2. The highest BCUT2D eigenvalue weighted by Gasteiger charge is 2.57. The number of nitrogens with zero attached hydrogens (tertiary/aromatic N) is 1. The van der Waals surface area contributed by atoms with Crippen LogP contribution in [-0.2, 0) is 22.3 Å². The number of amides is 2. The van der Waals surface area contributed by atoms with Crippen molar-refractivity contribution in [1.29, 1.82) is 0 Å². The maximum absolute atomic E-state index is 12.5. The third-order valence-corrected chi connectivity index (χ3v) is 7.33. The Kier molecular flexibility index (Phi) is 7.26. The smallest absolute Gasteiger partial charge is 0.417 e. The molecule has 0 atom stereocenters. The molecule has 0 spiro atoms. The van der Waals surface area contributed by atoms with E-state index in [0.29, 0.717) is 60.7 Å². The molecular formula is C25H25ClF3N3O4. The van der Waals surface area contributed by atoms with Gasteiger partial charge in [0.2, 0.25) is 12.3 Å². The summed E-state index contributed by atoms with van der Waals surface area (Å²) < 4.78 is 42.8. The van der Waals surface area contributed by atoms with Crippen molar-refractivity contribution in [3.05, 3.63) is 58.4 Å². The first-order chi connectivity index (χ1) is 17.1. The summed E-state index contributed by atoms with van der Waals surface area (Å²) >= 11 is 5.73. The van der Waals surface area contributed by atoms with Crippen molar-refractivity contribution < 1.29 is 32.3 Å². The summed E-state index contributed by atoms with van der Waals surface area (Å²) in [6, 6.07) is 7.32. The van der Waals surface area contributed by atoms with Gasteiger partial charge in [0.25, 0.3) is 0 Å². The third-order valence-electron chi connectivity index (χ3n) is 7.10. The Morgan fingerprint density at radius 1 is 1.17 bits per heavy atom. The molecule has 3 aliphatic rings. The van der Waals surface area contributed by atoms with Crippen molar-refractivity contribution in [3.8, 4) is 5.75 Å². The molecular weight excluding hydrogens is 499 g/mol. The molecule has 2 heterocycles. The van der Waals surface area contributed by atoms with Crippen LogP contribution < -0.4 is 15.4 Å². The van der Waals surface area contributed by atoms with E-state index in [2.05, 4.69) is 15.6 Å². The summed E-state index contributed by atoms with van der Waals surface area (Å²) in [5.74, 6) is 0.644. The molecule has 1 aromatic carbocycles. The van der Waals surface area contributed by atoms with E-state index in [-0.39, 0.29) is 23.8 Å². The zero-order chi connectivity index (χ0) is 26.0. The highest BCUT2D eigenvalue weighted by molar-refractivity contribution is 6.31. The summed E-state index contributed by atoms with van der Waals surface area (Å²) in [7, 11) is 0. The van der Waals surface area contributed by atoms with Crippen molar-refractivity contribution in [1.82, 2.24) is 15.6 Å². The molecule has 0 radical (unpaired) electrons.